The maximum atomic E-state index is 2.74. The van der Waals surface area contributed by atoms with Crippen molar-refractivity contribution in [1.82, 2.24) is 4.23 Å². The van der Waals surface area contributed by atoms with Gasteiger partial charge in [-0.05, 0) is 31.3 Å². The van der Waals surface area contributed by atoms with Crippen molar-refractivity contribution >= 4 is 18.6 Å². The van der Waals surface area contributed by atoms with Gasteiger partial charge in [0.25, 0.3) is 0 Å². The van der Waals surface area contributed by atoms with E-state index < -0.39 is 8.24 Å². The summed E-state index contributed by atoms with van der Waals surface area (Å²) in [7, 11) is -0.0663. The Morgan fingerprint density at radius 2 is 1.23 bits per heavy atom. The molecular weight excluding hydrogens is 190 g/mol. The van der Waals surface area contributed by atoms with Gasteiger partial charge in [0, 0.05) is 0 Å². The van der Waals surface area contributed by atoms with Crippen molar-refractivity contribution < 1.29 is 0 Å². The maximum Gasteiger partial charge on any atom is 0.120 e. The molecule has 3 heteroatoms. The summed E-state index contributed by atoms with van der Waals surface area (Å²) in [4.78, 5) is 0. The van der Waals surface area contributed by atoms with Crippen molar-refractivity contribution in [3.8, 4) is 0 Å². The first-order valence-corrected chi connectivity index (χ1v) is 8.99. The molecule has 0 aromatic carbocycles. The quantitative estimate of drug-likeness (QED) is 0.610. The Labute approximate surface area is 88.5 Å². The third-order valence-electron chi connectivity index (χ3n) is 3.68. The lowest BCUT2D eigenvalue weighted by atomic mass is 10.1. The summed E-state index contributed by atoms with van der Waals surface area (Å²) >= 11 is 0. The van der Waals surface area contributed by atoms with Crippen molar-refractivity contribution in [2.75, 3.05) is 0 Å². The predicted octanol–water partition coefficient (Wildman–Crippen LogP) is 2.37. The average Bonchev–Trinajstić information content (AvgIpc) is 1.81. The Kier molecular flexibility index (Phi) is 3.62. The molecule has 0 bridgehead atoms. The topological polar surface area (TPSA) is 3.24 Å². The highest BCUT2D eigenvalue weighted by Crippen LogP contribution is 2.39. The first kappa shape index (κ1) is 13.4. The molecule has 0 radical (unpaired) electrons. The van der Waals surface area contributed by atoms with E-state index in [9.17, 15) is 0 Å². The van der Waals surface area contributed by atoms with Gasteiger partial charge in [0.05, 0.1) is 10.4 Å². The third-order valence-corrected chi connectivity index (χ3v) is 14.4. The fourth-order valence-electron chi connectivity index (χ4n) is 1.34. The number of rotatable bonds is 1. The van der Waals surface area contributed by atoms with Crippen LogP contribution < -0.4 is 0 Å². The molecule has 0 aromatic rings. The van der Waals surface area contributed by atoms with E-state index in [-0.39, 0.29) is 0 Å². The first-order chi connectivity index (χ1) is 5.40. The SMILES string of the molecule is CC(C)(C)N([SiH3])[Si](C)(C)C(C)(C)C. The summed E-state index contributed by atoms with van der Waals surface area (Å²) in [5, 5.41) is 0.474. The van der Waals surface area contributed by atoms with Crippen LogP contribution in [0.2, 0.25) is 18.1 Å². The molecule has 0 aromatic heterocycles. The largest absolute Gasteiger partial charge is 0.348 e. The molecule has 1 nitrogen and oxygen atoms in total. The minimum absolute atomic E-state index is 0.356. The normalized spacial score (nSPS) is 15.5. The van der Waals surface area contributed by atoms with Crippen LogP contribution in [0, 0.1) is 0 Å². The molecule has 0 amide bonds. The zero-order valence-electron chi connectivity index (χ0n) is 10.9. The van der Waals surface area contributed by atoms with Crippen LogP contribution in [0.15, 0.2) is 0 Å². The molecule has 0 unspecified atom stereocenters. The number of hydrogen-bond donors (Lipinski definition) is 0. The molecule has 0 saturated heterocycles. The highest BCUT2D eigenvalue weighted by Gasteiger charge is 2.42. The first-order valence-electron chi connectivity index (χ1n) is 5.14. The van der Waals surface area contributed by atoms with Gasteiger partial charge in [0.15, 0.2) is 0 Å². The van der Waals surface area contributed by atoms with Crippen LogP contribution in [-0.2, 0) is 0 Å². The van der Waals surface area contributed by atoms with E-state index in [1.807, 2.05) is 0 Å². The Bertz CT molecular complexity index is 174. The minimum Gasteiger partial charge on any atom is -0.348 e. The van der Waals surface area contributed by atoms with Crippen LogP contribution in [0.5, 0.6) is 0 Å². The fraction of sp³-hybridized carbons (Fsp3) is 1.00. The van der Waals surface area contributed by atoms with Crippen LogP contribution >= 0.6 is 0 Å². The molecule has 0 aliphatic carbocycles. The Morgan fingerprint density at radius 1 is 0.923 bits per heavy atom. The molecule has 0 N–H and O–H groups in total. The van der Waals surface area contributed by atoms with Crippen molar-refractivity contribution in [1.29, 1.82) is 0 Å². The summed E-state index contributed by atoms with van der Waals surface area (Å²) in [5.41, 5.74) is 0.356. The molecule has 0 aliphatic heterocycles. The average molecular weight is 218 g/mol. The predicted molar refractivity (Wildman–Crippen MR) is 68.7 cm³/mol. The van der Waals surface area contributed by atoms with Crippen LogP contribution in [0.25, 0.3) is 0 Å². The number of nitrogens with zero attached hydrogens (tertiary/aromatic N) is 1. The maximum absolute atomic E-state index is 2.74. The fourth-order valence-corrected chi connectivity index (χ4v) is 6.04. The lowest BCUT2D eigenvalue weighted by Crippen LogP contribution is -2.60. The van der Waals surface area contributed by atoms with Gasteiger partial charge < -0.3 is 4.23 Å². The Hall–Kier alpha value is 0.394. The second-order valence-electron chi connectivity index (χ2n) is 6.54. The Balaban J connectivity index is 4.86. The van der Waals surface area contributed by atoms with Gasteiger partial charge in [-0.25, -0.2) is 0 Å². The summed E-state index contributed by atoms with van der Waals surface area (Å²) in [6.07, 6.45) is 0. The molecule has 0 heterocycles. The highest BCUT2D eigenvalue weighted by molar-refractivity contribution is 6.81. The zero-order chi connectivity index (χ0) is 11.1. The van der Waals surface area contributed by atoms with E-state index in [1.54, 1.807) is 0 Å². The van der Waals surface area contributed by atoms with Crippen LogP contribution in [0.4, 0.5) is 0 Å². The molecule has 0 saturated carbocycles. The molecule has 0 atom stereocenters. The number of hydrogen-bond acceptors (Lipinski definition) is 1. The van der Waals surface area contributed by atoms with Gasteiger partial charge >= 0.3 is 0 Å². The van der Waals surface area contributed by atoms with Crippen molar-refractivity contribution in [2.24, 2.45) is 0 Å². The molecular formula is C10H27NSi2. The molecule has 13 heavy (non-hydrogen) atoms. The van der Waals surface area contributed by atoms with Crippen molar-refractivity contribution in [3.05, 3.63) is 0 Å². The van der Waals surface area contributed by atoms with E-state index in [4.69, 9.17) is 0 Å². The molecule has 0 spiro atoms. The van der Waals surface area contributed by atoms with E-state index in [1.165, 1.54) is 10.4 Å². The van der Waals surface area contributed by atoms with E-state index in [2.05, 4.69) is 58.9 Å². The van der Waals surface area contributed by atoms with Gasteiger partial charge in [-0.15, -0.1) is 0 Å². The van der Waals surface area contributed by atoms with Gasteiger partial charge in [-0.3, -0.25) is 0 Å². The Morgan fingerprint density at radius 3 is 1.31 bits per heavy atom. The second kappa shape index (κ2) is 3.52. The third kappa shape index (κ3) is 2.93. The zero-order valence-corrected chi connectivity index (χ0v) is 13.9. The van der Waals surface area contributed by atoms with E-state index in [0.717, 1.165) is 0 Å². The summed E-state index contributed by atoms with van der Waals surface area (Å²) in [5.74, 6) is 0. The van der Waals surface area contributed by atoms with Crippen LogP contribution in [0.1, 0.15) is 41.5 Å². The van der Waals surface area contributed by atoms with Crippen molar-refractivity contribution in [2.45, 2.75) is 65.2 Å². The van der Waals surface area contributed by atoms with Crippen LogP contribution in [-0.4, -0.2) is 28.4 Å². The molecule has 0 aliphatic rings. The summed E-state index contributed by atoms with van der Waals surface area (Å²) < 4.78 is 2.74. The van der Waals surface area contributed by atoms with Gasteiger partial charge in [0.2, 0.25) is 0 Å². The summed E-state index contributed by atoms with van der Waals surface area (Å²) in [6.45, 7) is 19.1. The van der Waals surface area contributed by atoms with Gasteiger partial charge in [-0.1, -0.05) is 33.9 Å². The molecule has 0 rings (SSSR count). The van der Waals surface area contributed by atoms with E-state index >= 15 is 0 Å². The monoisotopic (exact) mass is 217 g/mol. The standard InChI is InChI=1S/C10H27NSi2/c1-9(2,3)11(12)13(7,8)10(4,5)6/h1-8,12H3. The van der Waals surface area contributed by atoms with E-state index in [0.29, 0.717) is 10.6 Å². The van der Waals surface area contributed by atoms with Gasteiger partial charge in [0.1, 0.15) is 8.24 Å². The minimum atomic E-state index is -1.25. The lowest BCUT2D eigenvalue weighted by molar-refractivity contribution is 0.353. The smallest absolute Gasteiger partial charge is 0.120 e. The van der Waals surface area contributed by atoms with Crippen molar-refractivity contribution in [3.63, 3.8) is 0 Å². The lowest BCUT2D eigenvalue weighted by Gasteiger charge is -2.50. The van der Waals surface area contributed by atoms with Gasteiger partial charge in [-0.2, -0.15) is 0 Å². The second-order valence-corrected chi connectivity index (χ2v) is 13.6. The summed E-state index contributed by atoms with van der Waals surface area (Å²) in [6, 6.07) is 0. The van der Waals surface area contributed by atoms with Crippen LogP contribution in [0.3, 0.4) is 0 Å². The molecule has 0 fully saturated rings. The highest BCUT2D eigenvalue weighted by atomic mass is 28.4. The molecule has 80 valence electrons.